The molecule has 5 nitrogen and oxygen atoms in total. The molecule has 1 aromatic carbocycles. The van der Waals surface area contributed by atoms with E-state index >= 15 is 0 Å². The average Bonchev–Trinajstić information content (AvgIpc) is 2.91. The average molecular weight is 270 g/mol. The summed E-state index contributed by atoms with van der Waals surface area (Å²) in [5, 5.41) is 12.2. The highest BCUT2D eigenvalue weighted by Crippen LogP contribution is 2.52. The van der Waals surface area contributed by atoms with Crippen LogP contribution in [0.25, 0.3) is 5.76 Å². The maximum atomic E-state index is 11.4. The molecule has 1 amide bonds. The highest BCUT2D eigenvalue weighted by atomic mass is 16.7. The monoisotopic (exact) mass is 270 g/mol. The highest BCUT2D eigenvalue weighted by Gasteiger charge is 2.64. The number of nitriles is 1. The molecule has 3 rings (SSSR count). The smallest absolute Gasteiger partial charge is 0.317 e. The maximum absolute atomic E-state index is 11.4. The van der Waals surface area contributed by atoms with Gasteiger partial charge in [0.05, 0.1) is 12.7 Å². The normalized spacial score (nSPS) is 30.9. The van der Waals surface area contributed by atoms with E-state index in [9.17, 15) is 10.1 Å². The topological polar surface area (TPSA) is 71.3 Å². The van der Waals surface area contributed by atoms with Gasteiger partial charge in [0.15, 0.2) is 5.41 Å². The number of carbonyl (C=O) groups excluding carboxylic acids is 1. The van der Waals surface area contributed by atoms with Crippen LogP contribution in [0.5, 0.6) is 0 Å². The lowest BCUT2D eigenvalue weighted by Gasteiger charge is -2.32. The molecule has 2 unspecified atom stereocenters. The summed E-state index contributed by atoms with van der Waals surface area (Å²) in [5.74, 6) is -1.14. The van der Waals surface area contributed by atoms with Crippen LogP contribution >= 0.6 is 0 Å². The van der Waals surface area contributed by atoms with E-state index in [1.807, 2.05) is 30.3 Å². The van der Waals surface area contributed by atoms with Gasteiger partial charge in [-0.05, 0) is 6.08 Å². The summed E-state index contributed by atoms with van der Waals surface area (Å²) >= 11 is 0. The van der Waals surface area contributed by atoms with Crippen molar-refractivity contribution in [2.24, 2.45) is 5.41 Å². The second kappa shape index (κ2) is 4.36. The van der Waals surface area contributed by atoms with E-state index in [1.54, 1.807) is 6.08 Å². The van der Waals surface area contributed by atoms with Gasteiger partial charge in [-0.15, -0.1) is 0 Å². The van der Waals surface area contributed by atoms with Crippen molar-refractivity contribution >= 4 is 11.7 Å². The van der Waals surface area contributed by atoms with Gasteiger partial charge in [0.2, 0.25) is 5.91 Å². The Hall–Kier alpha value is -2.32. The number of nitrogens with zero attached hydrogens (tertiary/aromatic N) is 1. The zero-order valence-corrected chi connectivity index (χ0v) is 11.1. The van der Waals surface area contributed by atoms with Crippen LogP contribution in [0.3, 0.4) is 0 Å². The van der Waals surface area contributed by atoms with E-state index < -0.39 is 11.3 Å². The summed E-state index contributed by atoms with van der Waals surface area (Å²) < 4.78 is 11.4. The summed E-state index contributed by atoms with van der Waals surface area (Å²) in [5.41, 5.74) is -0.131. The molecule has 1 aromatic rings. The van der Waals surface area contributed by atoms with Gasteiger partial charge >= 0.3 is 5.91 Å². The number of benzene rings is 1. The molecule has 5 heteroatoms. The Morgan fingerprint density at radius 1 is 1.40 bits per heavy atom. The number of hydrogen-bond acceptors (Lipinski definition) is 4. The van der Waals surface area contributed by atoms with E-state index in [0.29, 0.717) is 18.8 Å². The first-order valence-corrected chi connectivity index (χ1v) is 6.42. The van der Waals surface area contributed by atoms with E-state index in [2.05, 4.69) is 11.4 Å². The van der Waals surface area contributed by atoms with Crippen molar-refractivity contribution in [3.8, 4) is 6.07 Å². The first-order chi connectivity index (χ1) is 9.61. The van der Waals surface area contributed by atoms with Crippen LogP contribution in [0.15, 0.2) is 36.4 Å². The van der Waals surface area contributed by atoms with Crippen LogP contribution in [-0.2, 0) is 14.3 Å². The third-order valence-electron chi connectivity index (χ3n) is 3.62. The minimum atomic E-state index is -1.40. The molecule has 1 fully saturated rings. The summed E-state index contributed by atoms with van der Waals surface area (Å²) in [6.07, 6.45) is 2.24. The van der Waals surface area contributed by atoms with Crippen LogP contribution < -0.4 is 5.32 Å². The van der Waals surface area contributed by atoms with Crippen molar-refractivity contribution in [1.82, 2.24) is 5.32 Å². The molecular formula is C15H14N2O3. The quantitative estimate of drug-likeness (QED) is 0.889. The number of hydrogen-bond donors (Lipinski definition) is 1. The molecule has 0 bridgehead atoms. The summed E-state index contributed by atoms with van der Waals surface area (Å²) in [4.78, 5) is 11.4. The van der Waals surface area contributed by atoms with Crippen LogP contribution in [-0.4, -0.2) is 18.4 Å². The number of carbonyl (C=O) groups is 1. The Bertz CT molecular complexity index is 620. The first-order valence-electron chi connectivity index (χ1n) is 6.42. The van der Waals surface area contributed by atoms with Gasteiger partial charge < -0.3 is 9.47 Å². The van der Waals surface area contributed by atoms with Gasteiger partial charge in [0, 0.05) is 18.9 Å². The third-order valence-corrected chi connectivity index (χ3v) is 3.62. The lowest BCUT2D eigenvalue weighted by atomic mass is 9.84. The Balaban J connectivity index is 2.03. The van der Waals surface area contributed by atoms with Crippen molar-refractivity contribution in [1.29, 1.82) is 5.26 Å². The van der Waals surface area contributed by atoms with Crippen molar-refractivity contribution in [3.63, 3.8) is 0 Å². The lowest BCUT2D eigenvalue weighted by molar-refractivity contribution is -0.208. The van der Waals surface area contributed by atoms with Gasteiger partial charge in [-0.2, -0.15) is 5.26 Å². The van der Waals surface area contributed by atoms with E-state index in [4.69, 9.17) is 9.47 Å². The number of nitrogens with one attached hydrogen (secondary N) is 1. The van der Waals surface area contributed by atoms with Gasteiger partial charge in [0.1, 0.15) is 5.76 Å². The molecule has 0 spiro atoms. The number of ether oxygens (including phenoxy) is 2. The van der Waals surface area contributed by atoms with Crippen molar-refractivity contribution in [2.45, 2.75) is 19.3 Å². The van der Waals surface area contributed by atoms with E-state index in [1.165, 1.54) is 6.92 Å². The van der Waals surface area contributed by atoms with Crippen molar-refractivity contribution < 1.29 is 14.3 Å². The van der Waals surface area contributed by atoms with Crippen LogP contribution in [0.4, 0.5) is 0 Å². The van der Waals surface area contributed by atoms with E-state index in [-0.39, 0.29) is 5.91 Å². The molecule has 1 N–H and O–H groups in total. The summed E-state index contributed by atoms with van der Waals surface area (Å²) in [6.45, 7) is 1.74. The van der Waals surface area contributed by atoms with Gasteiger partial charge in [-0.3, -0.25) is 10.1 Å². The number of fused-ring (bicyclic) bond motifs is 1. The van der Waals surface area contributed by atoms with Crippen molar-refractivity contribution in [2.75, 3.05) is 6.61 Å². The molecule has 20 heavy (non-hydrogen) atoms. The second-order valence-corrected chi connectivity index (χ2v) is 4.96. The molecule has 2 atom stereocenters. The number of amides is 1. The largest absolute Gasteiger partial charge is 0.442 e. The predicted octanol–water partition coefficient (Wildman–Crippen LogP) is 1.78. The molecule has 2 aliphatic heterocycles. The highest BCUT2D eigenvalue weighted by molar-refractivity contribution is 5.75. The summed E-state index contributed by atoms with van der Waals surface area (Å²) in [7, 11) is 0. The van der Waals surface area contributed by atoms with E-state index in [0.717, 1.165) is 5.56 Å². The molecule has 0 saturated carbocycles. The van der Waals surface area contributed by atoms with Crippen LogP contribution in [0.2, 0.25) is 0 Å². The molecule has 0 aliphatic carbocycles. The Morgan fingerprint density at radius 2 is 2.15 bits per heavy atom. The molecular weight excluding hydrogens is 256 g/mol. The summed E-state index contributed by atoms with van der Waals surface area (Å²) in [6, 6.07) is 11.7. The van der Waals surface area contributed by atoms with Gasteiger partial charge in [0.25, 0.3) is 0 Å². The second-order valence-electron chi connectivity index (χ2n) is 4.96. The SMILES string of the molecule is CC(=O)NC12OCCC1(C#N)C=C(c1ccccc1)O2. The molecule has 2 aliphatic rings. The molecule has 1 saturated heterocycles. The van der Waals surface area contributed by atoms with Gasteiger partial charge in [-0.25, -0.2) is 0 Å². The Labute approximate surface area is 116 Å². The van der Waals surface area contributed by atoms with Crippen molar-refractivity contribution in [3.05, 3.63) is 42.0 Å². The predicted molar refractivity (Wildman–Crippen MR) is 70.7 cm³/mol. The zero-order chi connectivity index (χ0) is 14.2. The Morgan fingerprint density at radius 3 is 2.80 bits per heavy atom. The van der Waals surface area contributed by atoms with Crippen LogP contribution in [0.1, 0.15) is 18.9 Å². The fraction of sp³-hybridized carbons (Fsp3) is 0.333. The molecule has 2 heterocycles. The fourth-order valence-electron chi connectivity index (χ4n) is 2.66. The van der Waals surface area contributed by atoms with Gasteiger partial charge in [-0.1, -0.05) is 30.3 Å². The minimum Gasteiger partial charge on any atom is -0.442 e. The minimum absolute atomic E-state index is 0.297. The first kappa shape index (κ1) is 12.7. The Kier molecular flexibility index (Phi) is 2.77. The molecule has 0 radical (unpaired) electrons. The standard InChI is InChI=1S/C15H14N2O3/c1-11(18)17-15-14(10-16,7-8-19-15)9-13(20-15)12-5-3-2-4-6-12/h2-6,9H,7-8H2,1H3,(H,17,18). The molecule has 102 valence electrons. The van der Waals surface area contributed by atoms with Crippen LogP contribution in [0, 0.1) is 16.7 Å². The number of rotatable bonds is 2. The fourth-order valence-corrected chi connectivity index (χ4v) is 2.66. The molecule has 0 aromatic heterocycles. The maximum Gasteiger partial charge on any atom is 0.317 e. The third kappa shape index (κ3) is 1.69. The zero-order valence-electron chi connectivity index (χ0n) is 11.1. The lowest BCUT2D eigenvalue weighted by Crippen LogP contribution is -2.56.